The topological polar surface area (TPSA) is 75.6 Å². The molecule has 1 aromatic carbocycles. The summed E-state index contributed by atoms with van der Waals surface area (Å²) in [5, 5.41) is 11.4. The predicted molar refractivity (Wildman–Crippen MR) is 75.5 cm³/mol. The van der Waals surface area contributed by atoms with Crippen LogP contribution in [0.15, 0.2) is 24.3 Å². The van der Waals surface area contributed by atoms with Gasteiger partial charge in [0.25, 0.3) is 0 Å². The van der Waals surface area contributed by atoms with Crippen molar-refractivity contribution in [2.75, 3.05) is 0 Å². The van der Waals surface area contributed by atoms with Crippen LogP contribution in [-0.2, 0) is 16.0 Å². The summed E-state index contributed by atoms with van der Waals surface area (Å²) in [6.45, 7) is 5.09. The highest BCUT2D eigenvalue weighted by Crippen LogP contribution is 2.10. The van der Waals surface area contributed by atoms with E-state index in [2.05, 4.69) is 5.32 Å². The second-order valence-electron chi connectivity index (χ2n) is 5.70. The number of nitrogens with one attached hydrogen (secondary N) is 1. The lowest BCUT2D eigenvalue weighted by atomic mass is 10.1. The highest BCUT2D eigenvalue weighted by Gasteiger charge is 2.23. The van der Waals surface area contributed by atoms with E-state index in [1.54, 1.807) is 32.9 Å². The molecule has 21 heavy (non-hydrogen) atoms. The van der Waals surface area contributed by atoms with Gasteiger partial charge in [-0.15, -0.1) is 0 Å². The van der Waals surface area contributed by atoms with Crippen LogP contribution in [0.25, 0.3) is 0 Å². The molecule has 0 bridgehead atoms. The number of alkyl carbamates (subject to hydrolysis) is 1. The Kier molecular flexibility index (Phi) is 5.69. The van der Waals surface area contributed by atoms with Crippen molar-refractivity contribution in [3.05, 3.63) is 35.6 Å². The normalized spacial score (nSPS) is 12.6. The Morgan fingerprint density at radius 2 is 1.86 bits per heavy atom. The molecule has 5 nitrogen and oxygen atoms in total. The van der Waals surface area contributed by atoms with Gasteiger partial charge in [-0.3, -0.25) is 0 Å². The Bertz CT molecular complexity index is 493. The van der Waals surface area contributed by atoms with Gasteiger partial charge in [0.05, 0.1) is 0 Å². The first-order chi connectivity index (χ1) is 9.67. The molecule has 0 saturated carbocycles. The average Bonchev–Trinajstić information content (AvgIpc) is 2.33. The monoisotopic (exact) mass is 297 g/mol. The van der Waals surface area contributed by atoms with E-state index in [1.807, 2.05) is 0 Å². The van der Waals surface area contributed by atoms with Crippen LogP contribution in [0, 0.1) is 5.82 Å². The molecule has 0 fully saturated rings. The molecule has 2 N–H and O–H groups in total. The quantitative estimate of drug-likeness (QED) is 0.876. The fraction of sp³-hybridized carbons (Fsp3) is 0.467. The number of hydrogen-bond acceptors (Lipinski definition) is 3. The lowest BCUT2D eigenvalue weighted by molar-refractivity contribution is -0.139. The number of aliphatic carboxylic acids is 1. The third kappa shape index (κ3) is 6.74. The van der Waals surface area contributed by atoms with Gasteiger partial charge >= 0.3 is 12.1 Å². The number of benzene rings is 1. The lowest BCUT2D eigenvalue weighted by Gasteiger charge is -2.22. The summed E-state index contributed by atoms with van der Waals surface area (Å²) in [6, 6.07) is 4.74. The van der Waals surface area contributed by atoms with E-state index in [0.717, 1.165) is 5.56 Å². The molecule has 0 saturated heterocycles. The van der Waals surface area contributed by atoms with Crippen LogP contribution in [0.4, 0.5) is 9.18 Å². The van der Waals surface area contributed by atoms with Crippen molar-refractivity contribution in [3.8, 4) is 0 Å². The van der Waals surface area contributed by atoms with Gasteiger partial charge in [-0.2, -0.15) is 0 Å². The summed E-state index contributed by atoms with van der Waals surface area (Å²) < 4.78 is 17.8. The lowest BCUT2D eigenvalue weighted by Crippen LogP contribution is -2.43. The molecule has 1 atom stereocenters. The molecular formula is C15H20FNO4. The number of carbonyl (C=O) groups is 2. The van der Waals surface area contributed by atoms with Crippen molar-refractivity contribution in [2.45, 2.75) is 45.3 Å². The second kappa shape index (κ2) is 7.06. The first kappa shape index (κ1) is 16.9. The highest BCUT2D eigenvalue weighted by atomic mass is 19.1. The maximum absolute atomic E-state index is 12.8. The number of carbonyl (C=O) groups excluding carboxylic acids is 1. The van der Waals surface area contributed by atoms with Gasteiger partial charge in [-0.05, 0) is 51.3 Å². The maximum Gasteiger partial charge on any atom is 0.408 e. The first-order valence-electron chi connectivity index (χ1n) is 6.64. The molecule has 0 aromatic heterocycles. The number of aryl methyl sites for hydroxylation is 1. The average molecular weight is 297 g/mol. The molecule has 1 amide bonds. The summed E-state index contributed by atoms with van der Waals surface area (Å²) in [5.41, 5.74) is 0.109. The zero-order valence-corrected chi connectivity index (χ0v) is 12.4. The van der Waals surface area contributed by atoms with E-state index >= 15 is 0 Å². The SMILES string of the molecule is CC(C)(C)OC(=O)N[C@@H](CCc1ccc(F)cc1)C(=O)O. The first-order valence-corrected chi connectivity index (χ1v) is 6.64. The predicted octanol–water partition coefficient (Wildman–Crippen LogP) is 2.74. The van der Waals surface area contributed by atoms with Gasteiger partial charge in [0.15, 0.2) is 0 Å². The fourth-order valence-electron chi connectivity index (χ4n) is 1.67. The van der Waals surface area contributed by atoms with Crippen molar-refractivity contribution >= 4 is 12.1 Å². The molecule has 0 spiro atoms. The van der Waals surface area contributed by atoms with Gasteiger partial charge in [-0.25, -0.2) is 14.0 Å². The molecule has 0 radical (unpaired) electrons. The van der Waals surface area contributed by atoms with Gasteiger partial charge in [-0.1, -0.05) is 12.1 Å². The van der Waals surface area contributed by atoms with E-state index in [9.17, 15) is 14.0 Å². The maximum atomic E-state index is 12.8. The number of hydrogen-bond donors (Lipinski definition) is 2. The molecule has 1 rings (SSSR count). The van der Waals surface area contributed by atoms with Crippen molar-refractivity contribution < 1.29 is 23.8 Å². The number of carboxylic acid groups (broad SMARTS) is 1. The molecule has 6 heteroatoms. The van der Waals surface area contributed by atoms with Crippen LogP contribution in [0.2, 0.25) is 0 Å². The van der Waals surface area contributed by atoms with E-state index < -0.39 is 23.7 Å². The highest BCUT2D eigenvalue weighted by molar-refractivity contribution is 5.80. The summed E-state index contributed by atoms with van der Waals surface area (Å²) in [6.07, 6.45) is -0.165. The Balaban J connectivity index is 2.56. The van der Waals surface area contributed by atoms with Crippen LogP contribution < -0.4 is 5.32 Å². The van der Waals surface area contributed by atoms with Crippen LogP contribution in [0.1, 0.15) is 32.8 Å². The zero-order valence-electron chi connectivity index (χ0n) is 12.4. The summed E-state index contributed by atoms with van der Waals surface area (Å²) >= 11 is 0. The van der Waals surface area contributed by atoms with Crippen molar-refractivity contribution in [2.24, 2.45) is 0 Å². The Morgan fingerprint density at radius 1 is 1.29 bits per heavy atom. The molecule has 0 unspecified atom stereocenters. The number of rotatable bonds is 5. The van der Waals surface area contributed by atoms with Crippen molar-refractivity contribution in [1.82, 2.24) is 5.32 Å². The van der Waals surface area contributed by atoms with Crippen LogP contribution in [-0.4, -0.2) is 28.8 Å². The summed E-state index contributed by atoms with van der Waals surface area (Å²) in [5.74, 6) is -1.48. The molecule has 0 heterocycles. The van der Waals surface area contributed by atoms with Gasteiger partial charge in [0, 0.05) is 0 Å². The number of amides is 1. The van der Waals surface area contributed by atoms with E-state index in [-0.39, 0.29) is 12.2 Å². The number of ether oxygens (including phenoxy) is 1. The number of halogens is 1. The van der Waals surface area contributed by atoms with Crippen LogP contribution in [0.5, 0.6) is 0 Å². The minimum atomic E-state index is -1.14. The molecular weight excluding hydrogens is 277 g/mol. The van der Waals surface area contributed by atoms with Gasteiger partial charge in [0.2, 0.25) is 0 Å². The fourth-order valence-corrected chi connectivity index (χ4v) is 1.67. The summed E-state index contributed by atoms with van der Waals surface area (Å²) in [4.78, 5) is 22.7. The Labute approximate surface area is 123 Å². The molecule has 116 valence electrons. The van der Waals surface area contributed by atoms with E-state index in [4.69, 9.17) is 9.84 Å². The third-order valence-corrected chi connectivity index (χ3v) is 2.62. The molecule has 0 aliphatic heterocycles. The minimum Gasteiger partial charge on any atom is -0.480 e. The molecule has 0 aliphatic rings. The third-order valence-electron chi connectivity index (χ3n) is 2.62. The smallest absolute Gasteiger partial charge is 0.408 e. The van der Waals surface area contributed by atoms with Crippen molar-refractivity contribution in [1.29, 1.82) is 0 Å². The van der Waals surface area contributed by atoms with E-state index in [1.165, 1.54) is 12.1 Å². The van der Waals surface area contributed by atoms with Gasteiger partial charge in [0.1, 0.15) is 17.5 Å². The second-order valence-corrected chi connectivity index (χ2v) is 5.70. The van der Waals surface area contributed by atoms with Gasteiger partial charge < -0.3 is 15.2 Å². The van der Waals surface area contributed by atoms with Crippen LogP contribution >= 0.6 is 0 Å². The van der Waals surface area contributed by atoms with E-state index in [0.29, 0.717) is 6.42 Å². The van der Waals surface area contributed by atoms with Crippen LogP contribution in [0.3, 0.4) is 0 Å². The summed E-state index contributed by atoms with van der Waals surface area (Å²) in [7, 11) is 0. The molecule has 0 aliphatic carbocycles. The minimum absolute atomic E-state index is 0.195. The Hall–Kier alpha value is -2.11. The zero-order chi connectivity index (χ0) is 16.0. The Morgan fingerprint density at radius 3 is 2.33 bits per heavy atom. The molecule has 1 aromatic rings. The number of carboxylic acids is 1. The van der Waals surface area contributed by atoms with Crippen molar-refractivity contribution in [3.63, 3.8) is 0 Å². The standard InChI is InChI=1S/C15H20FNO4/c1-15(2,3)21-14(20)17-12(13(18)19)9-6-10-4-7-11(16)8-5-10/h4-5,7-8,12H,6,9H2,1-3H3,(H,17,20)(H,18,19)/t12-/m0/s1. The largest absolute Gasteiger partial charge is 0.480 e.